The van der Waals surface area contributed by atoms with Gasteiger partial charge in [0.25, 0.3) is 0 Å². The van der Waals surface area contributed by atoms with Crippen LogP contribution in [0.4, 0.5) is 0 Å². The lowest BCUT2D eigenvalue weighted by Gasteiger charge is -2.07. The van der Waals surface area contributed by atoms with E-state index in [0.717, 1.165) is 17.3 Å². The van der Waals surface area contributed by atoms with Crippen LogP contribution < -0.4 is 4.74 Å². The van der Waals surface area contributed by atoms with Crippen LogP contribution in [0.3, 0.4) is 0 Å². The first-order valence-electron chi connectivity index (χ1n) is 6.72. The second-order valence-electron chi connectivity index (χ2n) is 4.74. The number of rotatable bonds is 4. The lowest BCUT2D eigenvalue weighted by molar-refractivity contribution is 0.297. The molecule has 0 N–H and O–H groups in total. The summed E-state index contributed by atoms with van der Waals surface area (Å²) < 4.78 is 5.65. The minimum absolute atomic E-state index is 0.442. The number of aromatic nitrogens is 2. The average molecular weight is 264 g/mol. The number of para-hydroxylation sites is 1. The Kier molecular flexibility index (Phi) is 3.59. The van der Waals surface area contributed by atoms with Crippen molar-refractivity contribution in [1.29, 1.82) is 0 Å². The maximum absolute atomic E-state index is 5.65. The maximum atomic E-state index is 5.65. The molecule has 0 fully saturated rings. The Bertz CT molecular complexity index is 725. The molecule has 1 heterocycles. The van der Waals surface area contributed by atoms with E-state index in [1.807, 2.05) is 30.3 Å². The highest BCUT2D eigenvalue weighted by Gasteiger charge is 2.02. The summed E-state index contributed by atoms with van der Waals surface area (Å²) in [6.07, 6.45) is 2.66. The number of ether oxygens (including phenoxy) is 1. The minimum Gasteiger partial charge on any atom is -0.463 e. The summed E-state index contributed by atoms with van der Waals surface area (Å²) in [5.41, 5.74) is 3.50. The Balaban J connectivity index is 1.67. The molecule has 0 saturated heterocycles. The molecular weight excluding hydrogens is 248 g/mol. The van der Waals surface area contributed by atoms with E-state index < -0.39 is 0 Å². The zero-order chi connectivity index (χ0) is 13.8. The number of hydrogen-bond acceptors (Lipinski definition) is 3. The Morgan fingerprint density at radius 2 is 1.80 bits per heavy atom. The zero-order valence-electron chi connectivity index (χ0n) is 11.4. The van der Waals surface area contributed by atoms with Crippen molar-refractivity contribution in [3.05, 3.63) is 65.9 Å². The summed E-state index contributed by atoms with van der Waals surface area (Å²) in [4.78, 5) is 8.62. The molecule has 0 spiro atoms. The van der Waals surface area contributed by atoms with Crippen molar-refractivity contribution in [1.82, 2.24) is 9.97 Å². The van der Waals surface area contributed by atoms with E-state index in [4.69, 9.17) is 4.74 Å². The highest BCUT2D eigenvalue weighted by atomic mass is 16.5. The van der Waals surface area contributed by atoms with Gasteiger partial charge in [-0.1, -0.05) is 42.5 Å². The highest BCUT2D eigenvalue weighted by Crippen LogP contribution is 2.13. The van der Waals surface area contributed by atoms with Gasteiger partial charge in [-0.15, -0.1) is 0 Å². The summed E-state index contributed by atoms with van der Waals surface area (Å²) in [5.74, 6) is 0. The molecule has 0 unspecified atom stereocenters. The van der Waals surface area contributed by atoms with Crippen LogP contribution in [0.25, 0.3) is 10.9 Å². The van der Waals surface area contributed by atoms with Gasteiger partial charge in [-0.3, -0.25) is 0 Å². The van der Waals surface area contributed by atoms with Gasteiger partial charge in [0.1, 0.15) is 0 Å². The second-order valence-corrected chi connectivity index (χ2v) is 4.74. The third-order valence-corrected chi connectivity index (χ3v) is 3.33. The number of nitrogens with zero attached hydrogens (tertiary/aromatic N) is 2. The second kappa shape index (κ2) is 5.70. The summed E-state index contributed by atoms with van der Waals surface area (Å²) in [7, 11) is 0. The van der Waals surface area contributed by atoms with Gasteiger partial charge in [-0.2, -0.15) is 4.98 Å². The predicted molar refractivity (Wildman–Crippen MR) is 79.9 cm³/mol. The zero-order valence-corrected chi connectivity index (χ0v) is 11.4. The fourth-order valence-corrected chi connectivity index (χ4v) is 2.17. The SMILES string of the molecule is Cc1ccccc1CCOc1ncc2ccccc2n1. The largest absolute Gasteiger partial charge is 0.463 e. The van der Waals surface area contributed by atoms with Crippen LogP contribution in [0.1, 0.15) is 11.1 Å². The van der Waals surface area contributed by atoms with Gasteiger partial charge < -0.3 is 4.74 Å². The van der Waals surface area contributed by atoms with Crippen molar-refractivity contribution in [2.75, 3.05) is 6.61 Å². The molecule has 0 aliphatic carbocycles. The van der Waals surface area contributed by atoms with E-state index in [1.54, 1.807) is 6.20 Å². The van der Waals surface area contributed by atoms with Crippen molar-refractivity contribution >= 4 is 10.9 Å². The van der Waals surface area contributed by atoms with Gasteiger partial charge >= 0.3 is 6.01 Å². The molecule has 0 bridgehead atoms. The third-order valence-electron chi connectivity index (χ3n) is 3.33. The molecule has 100 valence electrons. The Hall–Kier alpha value is -2.42. The molecule has 1 aromatic heterocycles. The third kappa shape index (κ3) is 2.77. The highest BCUT2D eigenvalue weighted by molar-refractivity contribution is 5.77. The van der Waals surface area contributed by atoms with Gasteiger partial charge in [0.2, 0.25) is 0 Å². The molecule has 3 heteroatoms. The Morgan fingerprint density at radius 3 is 2.70 bits per heavy atom. The van der Waals surface area contributed by atoms with Crippen LogP contribution in [0, 0.1) is 6.92 Å². The van der Waals surface area contributed by atoms with Crippen LogP contribution >= 0.6 is 0 Å². The minimum atomic E-state index is 0.442. The monoisotopic (exact) mass is 264 g/mol. The molecule has 0 aliphatic rings. The standard InChI is InChI=1S/C17H16N2O/c1-13-6-2-3-7-14(13)10-11-20-17-18-12-15-8-4-5-9-16(15)19-17/h2-9,12H,10-11H2,1H3. The normalized spacial score (nSPS) is 10.7. The van der Waals surface area contributed by atoms with Crippen molar-refractivity contribution in [3.8, 4) is 6.01 Å². The van der Waals surface area contributed by atoms with Crippen LogP contribution in [0.5, 0.6) is 6.01 Å². The number of fused-ring (bicyclic) bond motifs is 1. The van der Waals surface area contributed by atoms with Gasteiger partial charge in [-0.25, -0.2) is 4.98 Å². The van der Waals surface area contributed by atoms with Crippen LogP contribution in [-0.4, -0.2) is 16.6 Å². The molecule has 3 rings (SSSR count). The molecular formula is C17H16N2O. The first-order chi connectivity index (χ1) is 9.83. The Labute approximate surface area is 118 Å². The molecule has 0 aliphatic heterocycles. The number of hydrogen-bond donors (Lipinski definition) is 0. The fraction of sp³-hybridized carbons (Fsp3) is 0.176. The van der Waals surface area contributed by atoms with Crippen LogP contribution in [-0.2, 0) is 6.42 Å². The molecule has 3 aromatic rings. The van der Waals surface area contributed by atoms with E-state index >= 15 is 0 Å². The summed E-state index contributed by atoms with van der Waals surface area (Å²) in [5, 5.41) is 1.03. The lowest BCUT2D eigenvalue weighted by atomic mass is 10.1. The molecule has 0 saturated carbocycles. The van der Waals surface area contributed by atoms with E-state index in [1.165, 1.54) is 11.1 Å². The van der Waals surface area contributed by atoms with E-state index in [9.17, 15) is 0 Å². The van der Waals surface area contributed by atoms with Gasteiger partial charge in [-0.05, 0) is 24.1 Å². The quantitative estimate of drug-likeness (QED) is 0.722. The smallest absolute Gasteiger partial charge is 0.316 e. The molecule has 20 heavy (non-hydrogen) atoms. The van der Waals surface area contributed by atoms with Gasteiger partial charge in [0.15, 0.2) is 0 Å². The predicted octanol–water partition coefficient (Wildman–Crippen LogP) is 3.56. The van der Waals surface area contributed by atoms with Crippen molar-refractivity contribution in [3.63, 3.8) is 0 Å². The summed E-state index contributed by atoms with van der Waals surface area (Å²) >= 11 is 0. The molecule has 0 amide bonds. The van der Waals surface area contributed by atoms with Crippen molar-refractivity contribution in [2.45, 2.75) is 13.3 Å². The van der Waals surface area contributed by atoms with Crippen LogP contribution in [0.15, 0.2) is 54.7 Å². The maximum Gasteiger partial charge on any atom is 0.316 e. The molecule has 3 nitrogen and oxygen atoms in total. The van der Waals surface area contributed by atoms with E-state index in [-0.39, 0.29) is 0 Å². The first kappa shape index (κ1) is 12.6. The van der Waals surface area contributed by atoms with E-state index in [0.29, 0.717) is 12.6 Å². The summed E-state index contributed by atoms with van der Waals surface area (Å²) in [6, 6.07) is 16.7. The lowest BCUT2D eigenvalue weighted by Crippen LogP contribution is -2.05. The van der Waals surface area contributed by atoms with Crippen LogP contribution in [0.2, 0.25) is 0 Å². The topological polar surface area (TPSA) is 35.0 Å². The molecule has 2 aromatic carbocycles. The van der Waals surface area contributed by atoms with E-state index in [2.05, 4.69) is 35.1 Å². The molecule has 0 radical (unpaired) electrons. The Morgan fingerprint density at radius 1 is 1.00 bits per heavy atom. The average Bonchev–Trinajstić information content (AvgIpc) is 2.49. The van der Waals surface area contributed by atoms with Crippen molar-refractivity contribution in [2.24, 2.45) is 0 Å². The molecule has 0 atom stereocenters. The van der Waals surface area contributed by atoms with Gasteiger partial charge in [0.05, 0.1) is 12.1 Å². The first-order valence-corrected chi connectivity index (χ1v) is 6.72. The number of benzene rings is 2. The fourth-order valence-electron chi connectivity index (χ4n) is 2.17. The number of aryl methyl sites for hydroxylation is 1. The van der Waals surface area contributed by atoms with Gasteiger partial charge in [0, 0.05) is 18.0 Å². The summed E-state index contributed by atoms with van der Waals surface area (Å²) in [6.45, 7) is 2.70. The van der Waals surface area contributed by atoms with Crippen molar-refractivity contribution < 1.29 is 4.74 Å².